The van der Waals surface area contributed by atoms with Crippen molar-refractivity contribution in [2.45, 2.75) is 34.1 Å². The Balaban J connectivity index is 0.000000221. The lowest BCUT2D eigenvalue weighted by Crippen LogP contribution is -2.07. The van der Waals surface area contributed by atoms with Gasteiger partial charge in [0.05, 0.1) is 0 Å². The maximum absolute atomic E-state index is 13.1. The van der Waals surface area contributed by atoms with Crippen molar-refractivity contribution in [1.82, 2.24) is 0 Å². The van der Waals surface area contributed by atoms with Gasteiger partial charge >= 0.3 is 11.6 Å². The van der Waals surface area contributed by atoms with Crippen LogP contribution in [-0.2, 0) is 4.79 Å². The number of carbonyl (C=O) groups is 2. The first kappa shape index (κ1) is 38.6. The molecule has 0 radical (unpaired) electrons. The molecule has 1 heterocycles. The van der Waals surface area contributed by atoms with Crippen molar-refractivity contribution in [3.05, 3.63) is 145 Å². The lowest BCUT2D eigenvalue weighted by molar-refractivity contribution is -0.106. The van der Waals surface area contributed by atoms with E-state index in [-0.39, 0.29) is 34.2 Å². The zero-order chi connectivity index (χ0) is 36.4. The number of Topliss-reactive ketones (excluding diaryl/α,β-unsaturated/α-hetero) is 1. The highest BCUT2D eigenvalue weighted by Gasteiger charge is 2.21. The summed E-state index contributed by atoms with van der Waals surface area (Å²) in [5, 5.41) is 10.7. The van der Waals surface area contributed by atoms with Crippen LogP contribution in [0.2, 0.25) is 10.0 Å². The second kappa shape index (κ2) is 17.5. The number of rotatable bonds is 6. The van der Waals surface area contributed by atoms with Crippen LogP contribution < -0.4 is 5.63 Å². The van der Waals surface area contributed by atoms with Gasteiger partial charge in [-0.15, -0.1) is 0 Å². The molecule has 5 aromatic rings. The molecule has 1 aromatic heterocycles. The second-order valence-electron chi connectivity index (χ2n) is 10.5. The minimum absolute atomic E-state index is 0.0463. The zero-order valence-electron chi connectivity index (χ0n) is 26.7. The van der Waals surface area contributed by atoms with E-state index in [1.54, 1.807) is 63.1 Å². The number of carbonyl (C=O) groups excluding carboxylic acids is 3. The first-order chi connectivity index (χ1) is 23.2. The second-order valence-corrected chi connectivity index (χ2v) is 11.8. The Bertz CT molecular complexity index is 2100. The minimum atomic E-state index is -0.766. The molecule has 0 aliphatic rings. The van der Waals surface area contributed by atoms with Crippen molar-refractivity contribution < 1.29 is 32.7 Å². The van der Waals surface area contributed by atoms with Crippen LogP contribution in [-0.4, -0.2) is 26.9 Å². The summed E-state index contributed by atoms with van der Waals surface area (Å²) in [5.41, 5.74) is 3.38. The molecule has 2 N–H and O–H groups in total. The van der Waals surface area contributed by atoms with Gasteiger partial charge in [0.15, 0.2) is 11.4 Å². The number of ketones is 1. The summed E-state index contributed by atoms with van der Waals surface area (Å²) < 4.78 is 30.8. The fourth-order valence-corrected chi connectivity index (χ4v) is 4.99. The van der Waals surface area contributed by atoms with E-state index in [0.717, 1.165) is 11.1 Å². The monoisotopic (exact) mass is 725 g/mol. The minimum Gasteiger partial charge on any atom is -0.507 e. The molecule has 0 unspecified atom stereocenters. The third-order valence-electron chi connectivity index (χ3n) is 7.17. The molecular weight excluding hydrogens is 697 g/mol. The van der Waals surface area contributed by atoms with Crippen molar-refractivity contribution in [1.29, 1.82) is 0 Å². The fraction of sp³-hybridized carbons (Fsp3) is 0.132. The van der Waals surface area contributed by atoms with Gasteiger partial charge in [0.1, 0.15) is 28.7 Å². The molecule has 4 aromatic carbocycles. The summed E-state index contributed by atoms with van der Waals surface area (Å²) in [6.07, 6.45) is 0.464. The highest BCUT2D eigenvalue weighted by atomic mass is 35.5. The highest BCUT2D eigenvalue weighted by molar-refractivity contribution is 6.75. The molecule has 0 saturated carbocycles. The summed E-state index contributed by atoms with van der Waals surface area (Å²) in [7, 11) is 0. The van der Waals surface area contributed by atoms with E-state index < -0.39 is 16.7 Å². The van der Waals surface area contributed by atoms with Crippen LogP contribution in [0.1, 0.15) is 46.0 Å². The molecule has 49 heavy (non-hydrogen) atoms. The first-order valence-corrected chi connectivity index (χ1v) is 15.7. The van der Waals surface area contributed by atoms with Crippen LogP contribution in [0.25, 0.3) is 28.0 Å². The largest absolute Gasteiger partial charge is 0.507 e. The molecule has 0 saturated heterocycles. The van der Waals surface area contributed by atoms with Crippen LogP contribution in [0.15, 0.2) is 94.1 Å². The van der Waals surface area contributed by atoms with E-state index in [0.29, 0.717) is 44.3 Å². The maximum Gasteiger partial charge on any atom is 0.355 e. The van der Waals surface area contributed by atoms with Crippen LogP contribution >= 0.6 is 34.8 Å². The zero-order valence-corrected chi connectivity index (χ0v) is 29.0. The Labute approximate surface area is 296 Å². The molecule has 0 spiro atoms. The van der Waals surface area contributed by atoms with Gasteiger partial charge in [-0.1, -0.05) is 42.3 Å². The average Bonchev–Trinajstić information content (AvgIpc) is 3.07. The molecule has 0 amide bonds. The Hall–Kier alpha value is -4.85. The van der Waals surface area contributed by atoms with Crippen molar-refractivity contribution in [3.8, 4) is 28.2 Å². The highest BCUT2D eigenvalue weighted by Crippen LogP contribution is 2.37. The number of aromatic hydroxyl groups is 1. The topological polar surface area (TPSA) is 106 Å². The number of halogens is 5. The van der Waals surface area contributed by atoms with Crippen LogP contribution in [0.5, 0.6) is 5.75 Å². The molecule has 0 bridgehead atoms. The SMILES string of the molecule is CCC(=O)c1ccc(F)cc1.Cc1ccc(Cl)cc1-c1c(O)c(C)c(-c2ccc(F)cc2)oc1=O.Cc1ccc(Cl)cc1C(=C=[OH+])C(=O)Cl. The Morgan fingerprint density at radius 3 is 1.90 bits per heavy atom. The quantitative estimate of drug-likeness (QED) is 0.0617. The molecule has 6 nitrogen and oxygen atoms in total. The standard InChI is InChI=1S/C19H14ClFO3.C10H6Cl2O2.C9H9FO/c1-10-3-6-13(20)9-15(10)16-17(22)11(2)18(24-19(16)23)12-4-7-14(21)8-5-12;1-6-2-3-7(11)4-8(6)9(5-13)10(12)14;1-2-9(11)7-3-5-8(10)6-4-7/h3-9,22H,1-2H3;2-4H,1H3;3-6H,2H2,1H3/p+1. The van der Waals surface area contributed by atoms with E-state index in [4.69, 9.17) is 44.0 Å². The van der Waals surface area contributed by atoms with Gasteiger partial charge < -0.3 is 9.52 Å². The lowest BCUT2D eigenvalue weighted by atomic mass is 9.98. The summed E-state index contributed by atoms with van der Waals surface area (Å²) >= 11 is 17.0. The van der Waals surface area contributed by atoms with E-state index in [2.05, 4.69) is 0 Å². The van der Waals surface area contributed by atoms with Gasteiger partial charge in [0.25, 0.3) is 5.24 Å². The molecule has 0 aliphatic heterocycles. The smallest absolute Gasteiger partial charge is 0.355 e. The molecule has 0 fully saturated rings. The summed E-state index contributed by atoms with van der Waals surface area (Å²) in [6, 6.07) is 21.2. The van der Waals surface area contributed by atoms with Gasteiger partial charge in [0, 0.05) is 38.7 Å². The summed E-state index contributed by atoms with van der Waals surface area (Å²) in [4.78, 5) is 43.1. The number of hydrogen-bond acceptors (Lipinski definition) is 5. The number of aryl methyl sites for hydroxylation is 2. The predicted molar refractivity (Wildman–Crippen MR) is 190 cm³/mol. The first-order valence-electron chi connectivity index (χ1n) is 14.6. The third-order valence-corrected chi connectivity index (χ3v) is 7.83. The van der Waals surface area contributed by atoms with Crippen LogP contribution in [0, 0.1) is 32.4 Å². The lowest BCUT2D eigenvalue weighted by Gasteiger charge is -2.12. The third kappa shape index (κ3) is 10.1. The van der Waals surface area contributed by atoms with E-state index in [9.17, 15) is 28.3 Å². The normalized spacial score (nSPS) is 10.1. The molecule has 0 aliphatic carbocycles. The van der Waals surface area contributed by atoms with Gasteiger partial charge in [-0.3, -0.25) is 9.59 Å². The molecule has 11 heteroatoms. The van der Waals surface area contributed by atoms with E-state index >= 15 is 0 Å². The van der Waals surface area contributed by atoms with Gasteiger partial charge in [0.2, 0.25) is 0 Å². The summed E-state index contributed by atoms with van der Waals surface area (Å²) in [5.74, 6) is 1.15. The van der Waals surface area contributed by atoms with E-state index in [1.807, 2.05) is 6.92 Å². The van der Waals surface area contributed by atoms with Gasteiger partial charge in [-0.2, -0.15) is 0 Å². The van der Waals surface area contributed by atoms with Gasteiger partial charge in [-0.25, -0.2) is 18.4 Å². The van der Waals surface area contributed by atoms with Crippen LogP contribution in [0.3, 0.4) is 0 Å². The maximum atomic E-state index is 13.1. The Kier molecular flexibility index (Phi) is 13.8. The predicted octanol–water partition coefficient (Wildman–Crippen LogP) is 10.1. The Morgan fingerprint density at radius 1 is 0.837 bits per heavy atom. The molecule has 5 rings (SSSR count). The fourth-order valence-electron chi connectivity index (χ4n) is 4.50. The van der Waals surface area contributed by atoms with Gasteiger partial charge in [-0.05, 0) is 122 Å². The average molecular weight is 727 g/mol. The van der Waals surface area contributed by atoms with Crippen molar-refractivity contribution in [2.24, 2.45) is 0 Å². The van der Waals surface area contributed by atoms with Crippen LogP contribution in [0.4, 0.5) is 8.78 Å². The van der Waals surface area contributed by atoms with Crippen molar-refractivity contribution in [3.63, 3.8) is 0 Å². The number of hydrogen-bond donors (Lipinski definition) is 1. The summed E-state index contributed by atoms with van der Waals surface area (Å²) in [6.45, 7) is 7.02. The number of benzene rings is 4. The molecule has 252 valence electrons. The molecule has 0 atom stereocenters. The molecular formula is C38H30Cl3F2O6+. The van der Waals surface area contributed by atoms with Crippen molar-refractivity contribution >= 4 is 57.3 Å². The van der Waals surface area contributed by atoms with E-state index in [1.165, 1.54) is 48.5 Å². The number of allylic oxidation sites excluding steroid dienone is 1. The van der Waals surface area contributed by atoms with Crippen molar-refractivity contribution in [2.75, 3.05) is 0 Å². The Morgan fingerprint density at radius 2 is 1.37 bits per heavy atom.